The van der Waals surface area contributed by atoms with Gasteiger partial charge in [-0.15, -0.1) is 0 Å². The number of benzene rings is 2. The van der Waals surface area contributed by atoms with E-state index in [1.165, 1.54) is 18.5 Å². The Hall–Kier alpha value is -4.66. The molecule has 3 amide bonds. The zero-order valence-electron chi connectivity index (χ0n) is 29.8. The molecule has 14 heteroatoms. The second kappa shape index (κ2) is 16.1. The van der Waals surface area contributed by atoms with Gasteiger partial charge in [-0.25, -0.2) is 9.78 Å². The molecule has 1 fully saturated rings. The van der Waals surface area contributed by atoms with Crippen molar-refractivity contribution in [2.75, 3.05) is 40.0 Å². The SMILES string of the molecule is CCOc1cc(C(=O)N(C)CC2CCCOC2)ccc1C(=O)NC[C@@H](O)[C@@]1(O)Cc2ccc(OCc3cnco3)cc2CN1C(=O)OC(C)(C)C. The summed E-state index contributed by atoms with van der Waals surface area (Å²) in [5.74, 6) is 0.703. The second-order valence-corrected chi connectivity index (χ2v) is 13.9. The maximum absolute atomic E-state index is 13.5. The lowest BCUT2D eigenvalue weighted by Crippen LogP contribution is -2.64. The number of carbonyl (C=O) groups excluding carboxylic acids is 3. The lowest BCUT2D eigenvalue weighted by atomic mass is 9.87. The van der Waals surface area contributed by atoms with Crippen LogP contribution >= 0.6 is 0 Å². The van der Waals surface area contributed by atoms with E-state index >= 15 is 0 Å². The van der Waals surface area contributed by atoms with Crippen LogP contribution in [-0.2, 0) is 29.0 Å². The quantitative estimate of drug-likeness (QED) is 0.249. The summed E-state index contributed by atoms with van der Waals surface area (Å²) in [4.78, 5) is 46.8. The van der Waals surface area contributed by atoms with E-state index < -0.39 is 36.0 Å². The van der Waals surface area contributed by atoms with Crippen molar-refractivity contribution in [2.24, 2.45) is 5.92 Å². The molecule has 1 unspecified atom stereocenters. The van der Waals surface area contributed by atoms with Crippen molar-refractivity contribution in [2.45, 2.75) is 77.5 Å². The van der Waals surface area contributed by atoms with Gasteiger partial charge in [-0.3, -0.25) is 14.5 Å². The smallest absolute Gasteiger partial charge is 0.412 e. The lowest BCUT2D eigenvalue weighted by Gasteiger charge is -2.46. The van der Waals surface area contributed by atoms with E-state index in [0.29, 0.717) is 41.4 Å². The van der Waals surface area contributed by atoms with Crippen molar-refractivity contribution in [3.63, 3.8) is 0 Å². The van der Waals surface area contributed by atoms with E-state index in [4.69, 9.17) is 23.4 Å². The fourth-order valence-electron chi connectivity index (χ4n) is 6.21. The van der Waals surface area contributed by atoms with Crippen molar-refractivity contribution >= 4 is 17.9 Å². The summed E-state index contributed by atoms with van der Waals surface area (Å²) in [6, 6.07) is 9.82. The van der Waals surface area contributed by atoms with Crippen LogP contribution in [0.25, 0.3) is 0 Å². The number of aliphatic hydroxyl groups excluding tert-OH is 1. The van der Waals surface area contributed by atoms with Gasteiger partial charge in [0.2, 0.25) is 0 Å². The van der Waals surface area contributed by atoms with Crippen LogP contribution in [0, 0.1) is 5.92 Å². The molecule has 3 atom stereocenters. The highest BCUT2D eigenvalue weighted by molar-refractivity contribution is 6.00. The maximum Gasteiger partial charge on any atom is 0.412 e. The Morgan fingerprint density at radius 2 is 1.96 bits per heavy atom. The van der Waals surface area contributed by atoms with Crippen LogP contribution in [-0.4, -0.2) is 100 Å². The van der Waals surface area contributed by atoms with E-state index in [1.807, 2.05) is 0 Å². The summed E-state index contributed by atoms with van der Waals surface area (Å²) in [6.07, 6.45) is 2.20. The summed E-state index contributed by atoms with van der Waals surface area (Å²) in [6.45, 7) is 8.65. The molecule has 2 aliphatic heterocycles. The van der Waals surface area contributed by atoms with E-state index in [1.54, 1.807) is 70.1 Å². The zero-order valence-corrected chi connectivity index (χ0v) is 29.8. The van der Waals surface area contributed by atoms with Gasteiger partial charge in [0.25, 0.3) is 11.8 Å². The summed E-state index contributed by atoms with van der Waals surface area (Å²) in [7, 11) is 1.74. The number of oxazole rings is 1. The minimum Gasteiger partial charge on any atom is -0.493 e. The minimum atomic E-state index is -2.14. The predicted molar refractivity (Wildman–Crippen MR) is 184 cm³/mol. The Balaban J connectivity index is 1.30. The molecule has 5 rings (SSSR count). The maximum atomic E-state index is 13.5. The highest BCUT2D eigenvalue weighted by atomic mass is 16.6. The van der Waals surface area contributed by atoms with Gasteiger partial charge in [-0.05, 0) is 87.9 Å². The molecule has 0 radical (unpaired) electrons. The Labute approximate surface area is 297 Å². The molecule has 0 spiro atoms. The number of hydrogen-bond acceptors (Lipinski definition) is 11. The number of aliphatic hydroxyl groups is 2. The highest BCUT2D eigenvalue weighted by Gasteiger charge is 2.49. The molecule has 3 aromatic rings. The number of fused-ring (bicyclic) bond motifs is 1. The number of aromatic nitrogens is 1. The Kier molecular flexibility index (Phi) is 11.9. The number of nitrogens with one attached hydrogen (secondary N) is 1. The summed E-state index contributed by atoms with van der Waals surface area (Å²) in [5.41, 5.74) is -1.16. The van der Waals surface area contributed by atoms with Crippen molar-refractivity contribution in [3.8, 4) is 11.5 Å². The molecule has 51 heavy (non-hydrogen) atoms. The van der Waals surface area contributed by atoms with Crippen LogP contribution in [0.4, 0.5) is 4.79 Å². The normalized spacial score (nSPS) is 19.4. The number of amides is 3. The highest BCUT2D eigenvalue weighted by Crippen LogP contribution is 2.35. The topological polar surface area (TPSA) is 173 Å². The minimum absolute atomic E-state index is 0.0997. The van der Waals surface area contributed by atoms with Crippen molar-refractivity contribution in [3.05, 3.63) is 77.0 Å². The Morgan fingerprint density at radius 3 is 2.65 bits per heavy atom. The van der Waals surface area contributed by atoms with Crippen LogP contribution in [0.3, 0.4) is 0 Å². The van der Waals surface area contributed by atoms with Crippen molar-refractivity contribution < 1.29 is 48.0 Å². The largest absolute Gasteiger partial charge is 0.493 e. The molecule has 1 saturated heterocycles. The van der Waals surface area contributed by atoms with Crippen molar-refractivity contribution in [1.29, 1.82) is 0 Å². The van der Waals surface area contributed by atoms with Crippen LogP contribution < -0.4 is 14.8 Å². The van der Waals surface area contributed by atoms with Gasteiger partial charge < -0.3 is 43.8 Å². The van der Waals surface area contributed by atoms with Gasteiger partial charge in [0, 0.05) is 38.7 Å². The van der Waals surface area contributed by atoms with Crippen LogP contribution in [0.2, 0.25) is 0 Å². The van der Waals surface area contributed by atoms with Crippen LogP contribution in [0.5, 0.6) is 11.5 Å². The molecule has 0 bridgehead atoms. The average Bonchev–Trinajstić information content (AvgIpc) is 3.62. The summed E-state index contributed by atoms with van der Waals surface area (Å²) < 4.78 is 28.0. The fraction of sp³-hybridized carbons (Fsp3) is 0.514. The third-order valence-corrected chi connectivity index (χ3v) is 8.80. The van der Waals surface area contributed by atoms with Gasteiger partial charge in [-0.2, -0.15) is 0 Å². The molecule has 2 aromatic carbocycles. The van der Waals surface area contributed by atoms with Crippen LogP contribution in [0.1, 0.15) is 78.1 Å². The number of carbonyl (C=O) groups is 3. The summed E-state index contributed by atoms with van der Waals surface area (Å²) in [5, 5.41) is 26.1. The third-order valence-electron chi connectivity index (χ3n) is 8.80. The molecular weight excluding hydrogens is 660 g/mol. The predicted octanol–water partition coefficient (Wildman–Crippen LogP) is 3.92. The molecule has 3 N–H and O–H groups in total. The van der Waals surface area contributed by atoms with Gasteiger partial charge in [0.1, 0.15) is 29.8 Å². The van der Waals surface area contributed by atoms with E-state index in [0.717, 1.165) is 24.3 Å². The number of hydrogen-bond donors (Lipinski definition) is 3. The molecule has 0 saturated carbocycles. The van der Waals surface area contributed by atoms with Gasteiger partial charge in [0.05, 0.1) is 31.5 Å². The molecule has 1 aromatic heterocycles. The van der Waals surface area contributed by atoms with E-state index in [9.17, 15) is 24.6 Å². The number of ether oxygens (including phenoxy) is 4. The van der Waals surface area contributed by atoms with Gasteiger partial charge >= 0.3 is 6.09 Å². The molecule has 0 aliphatic carbocycles. The first-order valence-corrected chi connectivity index (χ1v) is 17.2. The average molecular weight is 709 g/mol. The standard InChI is InChI=1S/C37H48N4O10/c1-6-48-31-15-25(34(44)40(5)19-24-8-7-13-47-21-24)10-12-30(31)33(43)39-18-32(42)37(46)16-26-9-11-28(49-22-29-17-38-23-50-29)14-27(26)20-41(37)35(45)51-36(2,3)4/h9-12,14-15,17,23-24,32,42,46H,6-8,13,16,18-22H2,1-5H3,(H,39,43)/t24?,32-,37+/m1/s1. The van der Waals surface area contributed by atoms with Gasteiger partial charge in [0.15, 0.2) is 17.9 Å². The number of rotatable bonds is 12. The number of nitrogens with zero attached hydrogens (tertiary/aromatic N) is 3. The van der Waals surface area contributed by atoms with Crippen LogP contribution in [0.15, 0.2) is 53.4 Å². The van der Waals surface area contributed by atoms with E-state index in [-0.39, 0.29) is 49.3 Å². The molecule has 2 aliphatic rings. The third kappa shape index (κ3) is 9.37. The zero-order chi connectivity index (χ0) is 36.8. The lowest BCUT2D eigenvalue weighted by molar-refractivity contribution is -0.177. The molecule has 276 valence electrons. The molecule has 14 nitrogen and oxygen atoms in total. The van der Waals surface area contributed by atoms with Gasteiger partial charge in [-0.1, -0.05) is 6.07 Å². The van der Waals surface area contributed by atoms with E-state index in [2.05, 4.69) is 10.3 Å². The Bertz CT molecular complexity index is 1670. The first kappa shape index (κ1) is 37.6. The van der Waals surface area contributed by atoms with Crippen molar-refractivity contribution in [1.82, 2.24) is 20.1 Å². The second-order valence-electron chi connectivity index (χ2n) is 13.9. The molecular formula is C37H48N4O10. The Morgan fingerprint density at radius 1 is 1.16 bits per heavy atom. The molecule has 3 heterocycles. The summed E-state index contributed by atoms with van der Waals surface area (Å²) >= 11 is 0. The fourth-order valence-corrected chi connectivity index (χ4v) is 6.21. The monoisotopic (exact) mass is 708 g/mol. The first-order valence-electron chi connectivity index (χ1n) is 17.2. The first-order chi connectivity index (χ1) is 24.3.